The van der Waals surface area contributed by atoms with Crippen LogP contribution in [0.4, 0.5) is 11.4 Å². The zero-order valence-corrected chi connectivity index (χ0v) is 16.3. The summed E-state index contributed by atoms with van der Waals surface area (Å²) in [6.45, 7) is 3.97. The van der Waals surface area contributed by atoms with Gasteiger partial charge in [0.15, 0.2) is 0 Å². The third-order valence-corrected chi connectivity index (χ3v) is 5.38. The Morgan fingerprint density at radius 3 is 2.35 bits per heavy atom. The Hall–Kier alpha value is -2.54. The summed E-state index contributed by atoms with van der Waals surface area (Å²) in [5.74, 6) is 0.399. The van der Waals surface area contributed by atoms with Crippen molar-refractivity contribution in [3.8, 4) is 5.75 Å². The summed E-state index contributed by atoms with van der Waals surface area (Å²) in [7, 11) is -1.97. The first-order chi connectivity index (χ1) is 12.2. The number of rotatable bonds is 7. The highest BCUT2D eigenvalue weighted by Crippen LogP contribution is 2.22. The molecule has 0 atom stereocenters. The van der Waals surface area contributed by atoms with Gasteiger partial charge in [-0.1, -0.05) is 12.1 Å². The Kier molecular flexibility index (Phi) is 6.26. The molecule has 2 rings (SSSR count). The minimum Gasteiger partial charge on any atom is -0.497 e. The fraction of sp³-hybridized carbons (Fsp3) is 0.316. The van der Waals surface area contributed by atoms with Crippen LogP contribution in [-0.2, 0) is 14.8 Å². The number of benzene rings is 2. The lowest BCUT2D eigenvalue weighted by atomic mass is 10.1. The van der Waals surface area contributed by atoms with E-state index in [1.54, 1.807) is 31.4 Å². The lowest BCUT2D eigenvalue weighted by molar-refractivity contribution is -0.116. The van der Waals surface area contributed by atoms with E-state index in [0.717, 1.165) is 23.1 Å². The van der Waals surface area contributed by atoms with Gasteiger partial charge in [0.25, 0.3) is 0 Å². The van der Waals surface area contributed by atoms with Crippen molar-refractivity contribution in [2.75, 3.05) is 29.5 Å². The maximum absolute atomic E-state index is 12.3. The second-order valence-electron chi connectivity index (χ2n) is 6.08. The molecule has 1 N–H and O–H groups in total. The van der Waals surface area contributed by atoms with Crippen molar-refractivity contribution in [3.05, 3.63) is 53.6 Å². The molecule has 2 aromatic carbocycles. The van der Waals surface area contributed by atoms with Gasteiger partial charge in [-0.3, -0.25) is 9.10 Å². The topological polar surface area (TPSA) is 75.7 Å². The molecule has 140 valence electrons. The number of hydrogen-bond acceptors (Lipinski definition) is 4. The van der Waals surface area contributed by atoms with Crippen LogP contribution in [0, 0.1) is 13.8 Å². The van der Waals surface area contributed by atoms with Crippen LogP contribution in [0.5, 0.6) is 5.75 Å². The first-order valence-corrected chi connectivity index (χ1v) is 10.0. The monoisotopic (exact) mass is 376 g/mol. The molecule has 0 saturated heterocycles. The number of nitrogens with one attached hydrogen (secondary N) is 1. The van der Waals surface area contributed by atoms with Crippen molar-refractivity contribution in [1.82, 2.24) is 0 Å². The smallest absolute Gasteiger partial charge is 0.232 e. The van der Waals surface area contributed by atoms with E-state index in [2.05, 4.69) is 5.32 Å². The van der Waals surface area contributed by atoms with Crippen LogP contribution >= 0.6 is 0 Å². The number of aryl methyl sites for hydroxylation is 1. The van der Waals surface area contributed by atoms with Gasteiger partial charge in [0.1, 0.15) is 5.75 Å². The van der Waals surface area contributed by atoms with Gasteiger partial charge >= 0.3 is 0 Å². The molecule has 0 bridgehead atoms. The summed E-state index contributed by atoms with van der Waals surface area (Å²) < 4.78 is 30.5. The molecular formula is C19H24N2O4S. The van der Waals surface area contributed by atoms with Gasteiger partial charge in [-0.2, -0.15) is 0 Å². The molecule has 7 heteroatoms. The van der Waals surface area contributed by atoms with Crippen LogP contribution in [0.25, 0.3) is 0 Å². The second kappa shape index (κ2) is 8.23. The van der Waals surface area contributed by atoms with Crippen molar-refractivity contribution in [1.29, 1.82) is 0 Å². The van der Waals surface area contributed by atoms with E-state index in [1.807, 2.05) is 32.0 Å². The minimum atomic E-state index is -3.51. The number of anilines is 2. The number of ether oxygens (including phenoxy) is 1. The highest BCUT2D eigenvalue weighted by atomic mass is 32.2. The highest BCUT2D eigenvalue weighted by Gasteiger charge is 2.19. The van der Waals surface area contributed by atoms with Gasteiger partial charge < -0.3 is 10.1 Å². The molecule has 0 fully saturated rings. The number of carbonyl (C=O) groups is 1. The van der Waals surface area contributed by atoms with E-state index in [1.165, 1.54) is 4.31 Å². The van der Waals surface area contributed by atoms with Crippen LogP contribution in [0.1, 0.15) is 17.5 Å². The Bertz CT molecular complexity index is 877. The number of carbonyl (C=O) groups excluding carboxylic acids is 1. The molecule has 0 unspecified atom stereocenters. The second-order valence-corrected chi connectivity index (χ2v) is 7.99. The Balaban J connectivity index is 2.09. The van der Waals surface area contributed by atoms with Crippen LogP contribution in [0.3, 0.4) is 0 Å². The van der Waals surface area contributed by atoms with E-state index in [0.29, 0.717) is 11.4 Å². The van der Waals surface area contributed by atoms with Gasteiger partial charge in [0.2, 0.25) is 15.9 Å². The molecule has 0 aliphatic rings. The quantitative estimate of drug-likeness (QED) is 0.806. The number of methoxy groups -OCH3 is 1. The lowest BCUT2D eigenvalue weighted by Gasteiger charge is -2.22. The normalized spacial score (nSPS) is 11.1. The molecule has 0 heterocycles. The summed E-state index contributed by atoms with van der Waals surface area (Å²) in [6.07, 6.45) is 1.17. The zero-order chi connectivity index (χ0) is 19.3. The zero-order valence-electron chi connectivity index (χ0n) is 15.4. The maximum atomic E-state index is 12.3. The van der Waals surface area contributed by atoms with Gasteiger partial charge in [0, 0.05) is 18.7 Å². The van der Waals surface area contributed by atoms with E-state index in [4.69, 9.17) is 4.74 Å². The predicted molar refractivity (Wildman–Crippen MR) is 104 cm³/mol. The number of nitrogens with zero attached hydrogens (tertiary/aromatic N) is 1. The molecular weight excluding hydrogens is 352 g/mol. The van der Waals surface area contributed by atoms with Gasteiger partial charge in [-0.05, 0) is 55.3 Å². The highest BCUT2D eigenvalue weighted by molar-refractivity contribution is 7.92. The molecule has 0 aliphatic carbocycles. The van der Waals surface area contributed by atoms with Gasteiger partial charge in [-0.25, -0.2) is 8.42 Å². The molecule has 0 aromatic heterocycles. The lowest BCUT2D eigenvalue weighted by Crippen LogP contribution is -2.33. The Labute approximate surface area is 154 Å². The summed E-state index contributed by atoms with van der Waals surface area (Å²) >= 11 is 0. The molecule has 2 aromatic rings. The molecule has 0 spiro atoms. The van der Waals surface area contributed by atoms with Crippen molar-refractivity contribution < 1.29 is 17.9 Å². The molecule has 0 aliphatic heterocycles. The standard InChI is InChI=1S/C19H24N2O4S/c1-14-6-5-7-18(15(14)2)20-19(22)12-13-21(26(4,23)24)16-8-10-17(25-3)11-9-16/h5-11H,12-13H2,1-4H3,(H,20,22). The van der Waals surface area contributed by atoms with Crippen LogP contribution in [0.2, 0.25) is 0 Å². The number of hydrogen-bond donors (Lipinski definition) is 1. The van der Waals surface area contributed by atoms with Crippen molar-refractivity contribution in [3.63, 3.8) is 0 Å². The predicted octanol–water partition coefficient (Wildman–Crippen LogP) is 3.11. The summed E-state index contributed by atoms with van der Waals surface area (Å²) in [4.78, 5) is 12.3. The van der Waals surface area contributed by atoms with Gasteiger partial charge in [-0.15, -0.1) is 0 Å². The molecule has 0 radical (unpaired) electrons. The maximum Gasteiger partial charge on any atom is 0.232 e. The summed E-state index contributed by atoms with van der Waals surface area (Å²) in [5, 5.41) is 2.85. The number of amides is 1. The Morgan fingerprint density at radius 2 is 1.77 bits per heavy atom. The fourth-order valence-electron chi connectivity index (χ4n) is 2.54. The average molecular weight is 376 g/mol. The molecule has 6 nitrogen and oxygen atoms in total. The van der Waals surface area contributed by atoms with E-state index < -0.39 is 10.0 Å². The van der Waals surface area contributed by atoms with Crippen molar-refractivity contribution in [2.24, 2.45) is 0 Å². The fourth-order valence-corrected chi connectivity index (χ4v) is 3.46. The van der Waals surface area contributed by atoms with E-state index in [9.17, 15) is 13.2 Å². The SMILES string of the molecule is COc1ccc(N(CCC(=O)Nc2cccc(C)c2C)S(C)(=O)=O)cc1. The van der Waals surface area contributed by atoms with Crippen LogP contribution in [-0.4, -0.2) is 34.2 Å². The summed E-state index contributed by atoms with van der Waals surface area (Å²) in [5.41, 5.74) is 3.31. The third-order valence-electron chi connectivity index (χ3n) is 4.18. The number of sulfonamides is 1. The van der Waals surface area contributed by atoms with E-state index >= 15 is 0 Å². The summed E-state index contributed by atoms with van der Waals surface area (Å²) in [6, 6.07) is 12.4. The van der Waals surface area contributed by atoms with Crippen LogP contribution in [0.15, 0.2) is 42.5 Å². The molecule has 1 amide bonds. The van der Waals surface area contributed by atoms with Crippen molar-refractivity contribution in [2.45, 2.75) is 20.3 Å². The van der Waals surface area contributed by atoms with Gasteiger partial charge in [0.05, 0.1) is 19.1 Å². The largest absolute Gasteiger partial charge is 0.497 e. The van der Waals surface area contributed by atoms with Crippen LogP contribution < -0.4 is 14.4 Å². The van der Waals surface area contributed by atoms with E-state index in [-0.39, 0.29) is 18.9 Å². The van der Waals surface area contributed by atoms with Crippen molar-refractivity contribution >= 4 is 27.3 Å². The first kappa shape index (κ1) is 19.8. The third kappa shape index (κ3) is 4.98. The Morgan fingerprint density at radius 1 is 1.12 bits per heavy atom. The first-order valence-electron chi connectivity index (χ1n) is 8.20. The molecule has 0 saturated carbocycles. The molecule has 26 heavy (non-hydrogen) atoms. The average Bonchev–Trinajstić information content (AvgIpc) is 2.58. The minimum absolute atomic E-state index is 0.0481.